The van der Waals surface area contributed by atoms with Gasteiger partial charge in [-0.1, -0.05) is 19.1 Å². The summed E-state index contributed by atoms with van der Waals surface area (Å²) < 4.78 is 26.4. The van der Waals surface area contributed by atoms with Crippen LogP contribution >= 0.6 is 0 Å². The zero-order valence-electron chi connectivity index (χ0n) is 14.6. The third kappa shape index (κ3) is 3.49. The van der Waals surface area contributed by atoms with Crippen molar-refractivity contribution in [2.75, 3.05) is 24.6 Å². The first kappa shape index (κ1) is 17.4. The van der Waals surface area contributed by atoms with Gasteiger partial charge in [0, 0.05) is 18.8 Å². The van der Waals surface area contributed by atoms with Gasteiger partial charge in [-0.2, -0.15) is 0 Å². The Labute approximate surface area is 144 Å². The number of imidazole rings is 1. The van der Waals surface area contributed by atoms with Crippen molar-refractivity contribution >= 4 is 20.9 Å². The summed E-state index contributed by atoms with van der Waals surface area (Å²) in [5, 5.41) is 0. The molecule has 2 heterocycles. The number of likely N-dealkylation sites (tertiary alicyclic amines) is 1. The normalized spacial score (nSPS) is 19.3. The molecule has 1 unspecified atom stereocenters. The number of para-hydroxylation sites is 2. The van der Waals surface area contributed by atoms with Crippen LogP contribution in [-0.4, -0.2) is 47.5 Å². The van der Waals surface area contributed by atoms with E-state index in [-0.39, 0.29) is 11.8 Å². The Hall–Kier alpha value is -1.40. The highest BCUT2D eigenvalue weighted by Crippen LogP contribution is 2.33. The monoisotopic (exact) mass is 349 g/mol. The van der Waals surface area contributed by atoms with Crippen molar-refractivity contribution in [3.8, 4) is 0 Å². The van der Waals surface area contributed by atoms with E-state index in [2.05, 4.69) is 28.5 Å². The summed E-state index contributed by atoms with van der Waals surface area (Å²) in [6, 6.07) is 8.46. The summed E-state index contributed by atoms with van der Waals surface area (Å²) >= 11 is 0. The molecule has 3 rings (SSSR count). The highest BCUT2D eigenvalue weighted by atomic mass is 32.2. The number of rotatable bonds is 7. The topological polar surface area (TPSA) is 55.2 Å². The van der Waals surface area contributed by atoms with Crippen LogP contribution in [0.5, 0.6) is 0 Å². The molecule has 1 saturated heterocycles. The minimum Gasteiger partial charge on any atom is -0.327 e. The van der Waals surface area contributed by atoms with E-state index in [1.165, 1.54) is 5.52 Å². The lowest BCUT2D eigenvalue weighted by Gasteiger charge is -2.24. The molecule has 1 aromatic heterocycles. The van der Waals surface area contributed by atoms with E-state index in [4.69, 9.17) is 4.98 Å². The van der Waals surface area contributed by atoms with E-state index in [1.807, 2.05) is 19.1 Å². The summed E-state index contributed by atoms with van der Waals surface area (Å²) in [5.74, 6) is 1.63. The first-order chi connectivity index (χ1) is 11.6. The number of fused-ring (bicyclic) bond motifs is 1. The summed E-state index contributed by atoms with van der Waals surface area (Å²) in [6.45, 7) is 6.51. The molecule has 1 aliphatic heterocycles. The van der Waals surface area contributed by atoms with E-state index in [0.717, 1.165) is 37.3 Å². The minimum atomic E-state index is -2.93. The SMILES string of the molecule is CCCS(=O)(=O)CCN1CCCC1c1nc2ccccc2n1CC. The maximum absolute atomic E-state index is 12.0. The molecule has 0 N–H and O–H groups in total. The van der Waals surface area contributed by atoms with E-state index in [0.29, 0.717) is 18.7 Å². The predicted octanol–water partition coefficient (Wildman–Crippen LogP) is 3.02. The van der Waals surface area contributed by atoms with Crippen molar-refractivity contribution in [3.63, 3.8) is 0 Å². The molecule has 1 aliphatic rings. The van der Waals surface area contributed by atoms with Gasteiger partial charge in [0.2, 0.25) is 0 Å². The molecule has 1 fully saturated rings. The van der Waals surface area contributed by atoms with Gasteiger partial charge in [-0.3, -0.25) is 4.90 Å². The molecule has 2 aromatic rings. The number of sulfone groups is 1. The zero-order valence-corrected chi connectivity index (χ0v) is 15.4. The van der Waals surface area contributed by atoms with Crippen LogP contribution < -0.4 is 0 Å². The van der Waals surface area contributed by atoms with Gasteiger partial charge in [-0.25, -0.2) is 13.4 Å². The van der Waals surface area contributed by atoms with Gasteiger partial charge in [0.05, 0.1) is 22.8 Å². The predicted molar refractivity (Wildman–Crippen MR) is 97.9 cm³/mol. The van der Waals surface area contributed by atoms with E-state index in [9.17, 15) is 8.42 Å². The molecular weight excluding hydrogens is 322 g/mol. The average Bonchev–Trinajstić information content (AvgIpc) is 3.16. The molecule has 0 radical (unpaired) electrons. The van der Waals surface area contributed by atoms with Crippen LogP contribution in [-0.2, 0) is 16.4 Å². The van der Waals surface area contributed by atoms with Crippen molar-refractivity contribution in [1.82, 2.24) is 14.5 Å². The summed E-state index contributed by atoms with van der Waals surface area (Å²) in [6.07, 6.45) is 2.85. The highest BCUT2D eigenvalue weighted by molar-refractivity contribution is 7.91. The van der Waals surface area contributed by atoms with E-state index in [1.54, 1.807) is 0 Å². The van der Waals surface area contributed by atoms with Gasteiger partial charge in [-0.05, 0) is 44.9 Å². The van der Waals surface area contributed by atoms with Gasteiger partial charge >= 0.3 is 0 Å². The zero-order chi connectivity index (χ0) is 17.2. The Balaban J connectivity index is 1.83. The quantitative estimate of drug-likeness (QED) is 0.771. The van der Waals surface area contributed by atoms with Crippen molar-refractivity contribution in [1.29, 1.82) is 0 Å². The molecule has 5 nitrogen and oxygen atoms in total. The first-order valence-corrected chi connectivity index (χ1v) is 10.8. The number of nitrogens with zero attached hydrogens (tertiary/aromatic N) is 3. The summed E-state index contributed by atoms with van der Waals surface area (Å²) in [4.78, 5) is 7.17. The van der Waals surface area contributed by atoms with Crippen molar-refractivity contribution in [2.45, 2.75) is 45.7 Å². The van der Waals surface area contributed by atoms with E-state index < -0.39 is 9.84 Å². The molecular formula is C18H27N3O2S. The van der Waals surface area contributed by atoms with Crippen LogP contribution in [0.15, 0.2) is 24.3 Å². The fraction of sp³-hybridized carbons (Fsp3) is 0.611. The van der Waals surface area contributed by atoms with Gasteiger partial charge < -0.3 is 4.57 Å². The average molecular weight is 350 g/mol. The van der Waals surface area contributed by atoms with Gasteiger partial charge in [0.15, 0.2) is 9.84 Å². The molecule has 0 spiro atoms. The lowest BCUT2D eigenvalue weighted by molar-refractivity contribution is 0.258. The largest absolute Gasteiger partial charge is 0.327 e. The highest BCUT2D eigenvalue weighted by Gasteiger charge is 2.30. The Morgan fingerprint density at radius 1 is 1.21 bits per heavy atom. The van der Waals surface area contributed by atoms with Crippen LogP contribution in [0, 0.1) is 0 Å². The molecule has 1 atom stereocenters. The Bertz CT molecular complexity index is 798. The second-order valence-corrected chi connectivity index (χ2v) is 8.85. The van der Waals surface area contributed by atoms with Crippen molar-refractivity contribution in [3.05, 3.63) is 30.1 Å². The molecule has 0 aliphatic carbocycles. The third-order valence-corrected chi connectivity index (χ3v) is 6.70. The molecule has 132 valence electrons. The van der Waals surface area contributed by atoms with Gasteiger partial charge in [0.25, 0.3) is 0 Å². The second kappa shape index (κ2) is 7.23. The van der Waals surface area contributed by atoms with Crippen molar-refractivity contribution < 1.29 is 8.42 Å². The molecule has 6 heteroatoms. The van der Waals surface area contributed by atoms with Crippen LogP contribution in [0.3, 0.4) is 0 Å². The molecule has 0 bridgehead atoms. The number of hydrogen-bond acceptors (Lipinski definition) is 4. The van der Waals surface area contributed by atoms with Gasteiger partial charge in [-0.15, -0.1) is 0 Å². The summed E-state index contributed by atoms with van der Waals surface area (Å²) in [5.41, 5.74) is 2.19. The van der Waals surface area contributed by atoms with Crippen LogP contribution in [0.25, 0.3) is 11.0 Å². The number of aryl methyl sites for hydroxylation is 1. The lowest BCUT2D eigenvalue weighted by Crippen LogP contribution is -2.31. The molecule has 1 aromatic carbocycles. The smallest absolute Gasteiger partial charge is 0.151 e. The third-order valence-electron chi connectivity index (χ3n) is 4.87. The summed E-state index contributed by atoms with van der Waals surface area (Å²) in [7, 11) is -2.93. The fourth-order valence-corrected chi connectivity index (χ4v) is 5.08. The van der Waals surface area contributed by atoms with Crippen LogP contribution in [0.2, 0.25) is 0 Å². The maximum Gasteiger partial charge on any atom is 0.151 e. The Kier molecular flexibility index (Phi) is 5.25. The standard InChI is InChI=1S/C18H27N3O2S/c1-3-13-24(22,23)14-12-20-11-7-10-17(20)18-19-15-8-5-6-9-16(15)21(18)4-2/h5-6,8-9,17H,3-4,7,10-14H2,1-2H3. The lowest BCUT2D eigenvalue weighted by atomic mass is 10.2. The number of hydrogen-bond donors (Lipinski definition) is 0. The van der Waals surface area contributed by atoms with Crippen LogP contribution in [0.1, 0.15) is 45.0 Å². The maximum atomic E-state index is 12.0. The Morgan fingerprint density at radius 3 is 2.75 bits per heavy atom. The molecule has 0 saturated carbocycles. The van der Waals surface area contributed by atoms with Crippen LogP contribution in [0.4, 0.5) is 0 Å². The van der Waals surface area contributed by atoms with Crippen molar-refractivity contribution in [2.24, 2.45) is 0 Å². The Morgan fingerprint density at radius 2 is 2.00 bits per heavy atom. The molecule has 0 amide bonds. The number of aromatic nitrogens is 2. The molecule has 24 heavy (non-hydrogen) atoms. The minimum absolute atomic E-state index is 0.231. The van der Waals surface area contributed by atoms with E-state index >= 15 is 0 Å². The fourth-order valence-electron chi connectivity index (χ4n) is 3.74. The number of benzene rings is 1. The second-order valence-electron chi connectivity index (χ2n) is 6.55. The van der Waals surface area contributed by atoms with Gasteiger partial charge in [0.1, 0.15) is 5.82 Å². The first-order valence-electron chi connectivity index (χ1n) is 8.95.